The predicted octanol–water partition coefficient (Wildman–Crippen LogP) is 3.30. The summed E-state index contributed by atoms with van der Waals surface area (Å²) in [6.07, 6.45) is 2.24. The average molecular weight is 343 g/mol. The van der Waals surface area contributed by atoms with Gasteiger partial charge in [0.05, 0.1) is 4.47 Å². The average Bonchev–Trinajstić information content (AvgIpc) is 2.90. The van der Waals surface area contributed by atoms with Gasteiger partial charge in [-0.15, -0.1) is 0 Å². The molecule has 0 bridgehead atoms. The summed E-state index contributed by atoms with van der Waals surface area (Å²) in [5.74, 6) is 1.58. The number of ether oxygens (including phenoxy) is 2. The van der Waals surface area contributed by atoms with Crippen LogP contribution >= 0.6 is 15.9 Å². The summed E-state index contributed by atoms with van der Waals surface area (Å²) in [6, 6.07) is 4.85. The smallest absolute Gasteiger partial charge is 0.231 e. The van der Waals surface area contributed by atoms with E-state index < -0.39 is 0 Å². The van der Waals surface area contributed by atoms with Crippen LogP contribution in [0.25, 0.3) is 0 Å². The van der Waals surface area contributed by atoms with Crippen molar-refractivity contribution in [2.45, 2.75) is 38.8 Å². The molecule has 0 spiro atoms. The van der Waals surface area contributed by atoms with Gasteiger partial charge in [0.25, 0.3) is 0 Å². The highest BCUT2D eigenvalue weighted by atomic mass is 79.9. The van der Waals surface area contributed by atoms with Crippen LogP contribution < -0.4 is 15.2 Å². The first kappa shape index (κ1) is 15.6. The van der Waals surface area contributed by atoms with Crippen molar-refractivity contribution in [3.8, 4) is 11.5 Å². The number of hydrogen-bond donors (Lipinski definition) is 1. The summed E-state index contributed by atoms with van der Waals surface area (Å²) in [5, 5.41) is 0. The lowest BCUT2D eigenvalue weighted by molar-refractivity contribution is 0.166. The maximum Gasteiger partial charge on any atom is 0.231 e. The lowest BCUT2D eigenvalue weighted by Gasteiger charge is -2.34. The molecule has 1 aliphatic heterocycles. The SMILES string of the molecule is CCC(CC)N(C)C(CN)c1cc(Br)c2c(c1)OCO2. The Hall–Kier alpha value is -0.780. The maximum atomic E-state index is 6.02. The zero-order chi connectivity index (χ0) is 14.7. The third kappa shape index (κ3) is 2.95. The van der Waals surface area contributed by atoms with Gasteiger partial charge in [-0.2, -0.15) is 0 Å². The van der Waals surface area contributed by atoms with Crippen molar-refractivity contribution in [1.82, 2.24) is 4.90 Å². The Bertz CT molecular complexity index is 463. The van der Waals surface area contributed by atoms with E-state index in [1.807, 2.05) is 6.07 Å². The van der Waals surface area contributed by atoms with Crippen molar-refractivity contribution in [3.63, 3.8) is 0 Å². The Morgan fingerprint density at radius 3 is 2.60 bits per heavy atom. The van der Waals surface area contributed by atoms with E-state index >= 15 is 0 Å². The standard InChI is InChI=1S/C15H23BrN2O2/c1-4-11(5-2)18(3)13(8-17)10-6-12(16)15-14(7-10)19-9-20-15/h6-7,11,13H,4-5,8-9,17H2,1-3H3. The van der Waals surface area contributed by atoms with Crippen molar-refractivity contribution in [2.24, 2.45) is 5.73 Å². The molecule has 0 aromatic heterocycles. The number of likely N-dealkylation sites (N-methyl/N-ethyl adjacent to an activating group) is 1. The zero-order valence-electron chi connectivity index (χ0n) is 12.4. The van der Waals surface area contributed by atoms with Gasteiger partial charge in [0.1, 0.15) is 0 Å². The molecule has 0 radical (unpaired) electrons. The Kier molecular flexibility index (Phi) is 5.29. The molecule has 1 aromatic rings. The van der Waals surface area contributed by atoms with Crippen LogP contribution in [-0.2, 0) is 0 Å². The lowest BCUT2D eigenvalue weighted by atomic mass is 10.0. The van der Waals surface area contributed by atoms with Crippen LogP contribution in [0.2, 0.25) is 0 Å². The maximum absolute atomic E-state index is 6.02. The molecule has 0 saturated heterocycles. The Morgan fingerprint density at radius 1 is 1.30 bits per heavy atom. The van der Waals surface area contributed by atoms with Gasteiger partial charge in [-0.25, -0.2) is 0 Å². The summed E-state index contributed by atoms with van der Waals surface area (Å²) in [6.45, 7) is 5.30. The van der Waals surface area contributed by atoms with Crippen molar-refractivity contribution < 1.29 is 9.47 Å². The summed E-state index contributed by atoms with van der Waals surface area (Å²) in [5.41, 5.74) is 7.18. The van der Waals surface area contributed by atoms with Gasteiger partial charge in [-0.05, 0) is 53.5 Å². The molecule has 2 rings (SSSR count). The molecular weight excluding hydrogens is 320 g/mol. The van der Waals surface area contributed by atoms with E-state index in [0.29, 0.717) is 12.6 Å². The van der Waals surface area contributed by atoms with Gasteiger partial charge in [-0.1, -0.05) is 13.8 Å². The minimum absolute atomic E-state index is 0.186. The molecule has 1 unspecified atom stereocenters. The zero-order valence-corrected chi connectivity index (χ0v) is 13.9. The summed E-state index contributed by atoms with van der Waals surface area (Å²) in [7, 11) is 2.15. The fourth-order valence-corrected chi connectivity index (χ4v) is 3.41. The largest absolute Gasteiger partial charge is 0.454 e. The van der Waals surface area contributed by atoms with E-state index in [1.54, 1.807) is 0 Å². The number of nitrogens with two attached hydrogens (primary N) is 1. The van der Waals surface area contributed by atoms with E-state index in [2.05, 4.69) is 47.8 Å². The number of benzene rings is 1. The highest BCUT2D eigenvalue weighted by Gasteiger charge is 2.25. The number of nitrogens with zero attached hydrogens (tertiary/aromatic N) is 1. The minimum atomic E-state index is 0.186. The molecule has 5 heteroatoms. The van der Waals surface area contributed by atoms with Crippen molar-refractivity contribution in [2.75, 3.05) is 20.4 Å². The van der Waals surface area contributed by atoms with Gasteiger partial charge in [0.2, 0.25) is 6.79 Å². The number of halogens is 1. The Morgan fingerprint density at radius 2 is 2.00 bits per heavy atom. The summed E-state index contributed by atoms with van der Waals surface area (Å²) in [4.78, 5) is 2.37. The first-order valence-corrected chi connectivity index (χ1v) is 7.92. The molecule has 0 fully saturated rings. The minimum Gasteiger partial charge on any atom is -0.454 e. The highest BCUT2D eigenvalue weighted by Crippen LogP contribution is 2.42. The first-order valence-electron chi connectivity index (χ1n) is 7.13. The van der Waals surface area contributed by atoms with Crippen molar-refractivity contribution >= 4 is 15.9 Å². The number of rotatable bonds is 6. The molecule has 0 aliphatic carbocycles. The summed E-state index contributed by atoms with van der Waals surface area (Å²) < 4.78 is 11.9. The van der Waals surface area contributed by atoms with Crippen LogP contribution in [0, 0.1) is 0 Å². The molecule has 1 heterocycles. The third-order valence-corrected chi connectivity index (χ3v) is 4.66. The second-order valence-corrected chi connectivity index (χ2v) is 5.98. The van der Waals surface area contributed by atoms with Crippen molar-refractivity contribution in [3.05, 3.63) is 22.2 Å². The first-order chi connectivity index (χ1) is 9.62. The summed E-state index contributed by atoms with van der Waals surface area (Å²) >= 11 is 3.55. The molecule has 2 N–H and O–H groups in total. The van der Waals surface area contributed by atoms with Gasteiger partial charge < -0.3 is 15.2 Å². The van der Waals surface area contributed by atoms with Crippen molar-refractivity contribution in [1.29, 1.82) is 0 Å². The Balaban J connectivity index is 2.30. The van der Waals surface area contributed by atoms with Crippen LogP contribution in [0.15, 0.2) is 16.6 Å². The fraction of sp³-hybridized carbons (Fsp3) is 0.600. The van der Waals surface area contributed by atoms with E-state index in [4.69, 9.17) is 15.2 Å². The van der Waals surface area contributed by atoms with Gasteiger partial charge in [0, 0.05) is 18.6 Å². The lowest BCUT2D eigenvalue weighted by Crippen LogP contribution is -2.38. The third-order valence-electron chi connectivity index (χ3n) is 4.07. The molecule has 112 valence electrons. The normalized spacial score (nSPS) is 15.2. The van der Waals surface area contributed by atoms with Gasteiger partial charge in [-0.3, -0.25) is 4.90 Å². The van der Waals surface area contributed by atoms with Gasteiger partial charge >= 0.3 is 0 Å². The van der Waals surface area contributed by atoms with Crippen LogP contribution in [0.4, 0.5) is 0 Å². The van der Waals surface area contributed by atoms with Gasteiger partial charge in [0.15, 0.2) is 11.5 Å². The molecule has 4 nitrogen and oxygen atoms in total. The van der Waals surface area contributed by atoms with Crippen LogP contribution in [0.1, 0.15) is 38.3 Å². The molecule has 0 amide bonds. The molecule has 0 saturated carbocycles. The Labute approximate surface area is 129 Å². The second-order valence-electron chi connectivity index (χ2n) is 5.12. The van der Waals surface area contributed by atoms with Crippen LogP contribution in [0.3, 0.4) is 0 Å². The fourth-order valence-electron chi connectivity index (χ4n) is 2.84. The molecule has 1 atom stereocenters. The van der Waals surface area contributed by atoms with E-state index in [-0.39, 0.29) is 12.8 Å². The quantitative estimate of drug-likeness (QED) is 0.861. The van der Waals surface area contributed by atoms with E-state index in [9.17, 15) is 0 Å². The molecule has 1 aromatic carbocycles. The highest BCUT2D eigenvalue weighted by molar-refractivity contribution is 9.10. The molecule has 1 aliphatic rings. The van der Waals surface area contributed by atoms with E-state index in [0.717, 1.165) is 34.4 Å². The van der Waals surface area contributed by atoms with Crippen LogP contribution in [-0.4, -0.2) is 31.3 Å². The predicted molar refractivity (Wildman–Crippen MR) is 84.2 cm³/mol. The number of hydrogen-bond acceptors (Lipinski definition) is 4. The second kappa shape index (κ2) is 6.78. The molecular formula is C15H23BrN2O2. The molecule has 20 heavy (non-hydrogen) atoms. The van der Waals surface area contributed by atoms with E-state index in [1.165, 1.54) is 0 Å². The van der Waals surface area contributed by atoms with Crippen LogP contribution in [0.5, 0.6) is 11.5 Å². The monoisotopic (exact) mass is 342 g/mol. The number of fused-ring (bicyclic) bond motifs is 1. The topological polar surface area (TPSA) is 47.7 Å².